The summed E-state index contributed by atoms with van der Waals surface area (Å²) < 4.78 is 5.04. The largest absolute Gasteiger partial charge is 0.383 e. The van der Waals surface area contributed by atoms with Gasteiger partial charge in [-0.15, -0.1) is 0 Å². The highest BCUT2D eigenvalue weighted by atomic mass is 16.5. The molecule has 0 spiro atoms. The number of rotatable bonds is 5. The number of ether oxygens (including phenoxy) is 1. The number of fused-ring (bicyclic) bond motifs is 1. The normalized spacial score (nSPS) is 28.5. The van der Waals surface area contributed by atoms with E-state index in [1.165, 1.54) is 12.8 Å². The Balaban J connectivity index is 1.85. The molecule has 1 atom stereocenters. The van der Waals surface area contributed by atoms with Crippen LogP contribution < -0.4 is 5.32 Å². The van der Waals surface area contributed by atoms with Gasteiger partial charge in [0.1, 0.15) is 0 Å². The average molecular weight is 320 g/mol. The van der Waals surface area contributed by atoms with Gasteiger partial charge in [-0.1, -0.05) is 18.9 Å². The van der Waals surface area contributed by atoms with Gasteiger partial charge in [-0.05, 0) is 38.5 Å². The highest BCUT2D eigenvalue weighted by Gasteiger charge is 2.51. The Hall–Kier alpha value is -1.36. The molecule has 5 nitrogen and oxygen atoms in total. The zero-order valence-electron chi connectivity index (χ0n) is 14.1. The maximum absolute atomic E-state index is 13.0. The molecule has 1 aliphatic heterocycles. The highest BCUT2D eigenvalue weighted by Crippen LogP contribution is 2.48. The van der Waals surface area contributed by atoms with Gasteiger partial charge in [0, 0.05) is 31.8 Å². The van der Waals surface area contributed by atoms with Crippen molar-refractivity contribution in [3.8, 4) is 0 Å². The standard InChI is InChI=1S/C18H28N2O3/c1-23-13-12-19-17(22)18-10-5-4-8-15(18)20(16(21)9-11-18)14-6-2-3-7-14/h8,14H,2-7,9-13H2,1H3,(H,19,22). The lowest BCUT2D eigenvalue weighted by Crippen LogP contribution is -2.55. The maximum atomic E-state index is 13.0. The Labute approximate surface area is 138 Å². The summed E-state index contributed by atoms with van der Waals surface area (Å²) in [5.74, 6) is 0.293. The minimum absolute atomic E-state index is 0.0796. The fourth-order valence-corrected chi connectivity index (χ4v) is 4.47. The third kappa shape index (κ3) is 3.03. The predicted molar refractivity (Wildman–Crippen MR) is 87.6 cm³/mol. The first-order valence-electron chi connectivity index (χ1n) is 8.99. The number of piperidine rings is 1. The van der Waals surface area contributed by atoms with E-state index in [-0.39, 0.29) is 11.8 Å². The number of carbonyl (C=O) groups excluding carboxylic acids is 2. The van der Waals surface area contributed by atoms with Crippen molar-refractivity contribution in [1.29, 1.82) is 0 Å². The van der Waals surface area contributed by atoms with Crippen LogP contribution >= 0.6 is 0 Å². The number of likely N-dealkylation sites (tertiary alicyclic amines) is 1. The van der Waals surface area contributed by atoms with Gasteiger partial charge in [-0.3, -0.25) is 9.59 Å². The lowest BCUT2D eigenvalue weighted by atomic mass is 9.68. The van der Waals surface area contributed by atoms with Crippen LogP contribution in [0.2, 0.25) is 0 Å². The molecule has 3 rings (SSSR count). The van der Waals surface area contributed by atoms with Gasteiger partial charge in [0.05, 0.1) is 12.0 Å². The third-order valence-electron chi connectivity index (χ3n) is 5.65. The summed E-state index contributed by atoms with van der Waals surface area (Å²) in [5, 5.41) is 3.03. The molecule has 0 bridgehead atoms. The zero-order valence-corrected chi connectivity index (χ0v) is 14.1. The number of carbonyl (C=O) groups is 2. The van der Waals surface area contributed by atoms with Gasteiger partial charge in [0.2, 0.25) is 11.8 Å². The first kappa shape index (κ1) is 16.5. The maximum Gasteiger partial charge on any atom is 0.232 e. The molecule has 0 radical (unpaired) electrons. The van der Waals surface area contributed by atoms with Crippen LogP contribution in [0.3, 0.4) is 0 Å². The van der Waals surface area contributed by atoms with Crippen LogP contribution in [0.4, 0.5) is 0 Å². The summed E-state index contributed by atoms with van der Waals surface area (Å²) in [4.78, 5) is 27.6. The molecule has 1 unspecified atom stereocenters. The summed E-state index contributed by atoms with van der Waals surface area (Å²) in [6, 6.07) is 0.304. The molecule has 2 aliphatic carbocycles. The zero-order chi connectivity index (χ0) is 16.3. The van der Waals surface area contributed by atoms with E-state index in [4.69, 9.17) is 4.74 Å². The number of nitrogens with one attached hydrogen (secondary N) is 1. The van der Waals surface area contributed by atoms with E-state index < -0.39 is 5.41 Å². The van der Waals surface area contributed by atoms with Gasteiger partial charge in [0.25, 0.3) is 0 Å². The second-order valence-corrected chi connectivity index (χ2v) is 7.01. The molecule has 0 aromatic heterocycles. The lowest BCUT2D eigenvalue weighted by molar-refractivity contribution is -0.142. The second-order valence-electron chi connectivity index (χ2n) is 7.01. The molecule has 1 N–H and O–H groups in total. The summed E-state index contributed by atoms with van der Waals surface area (Å²) in [7, 11) is 1.64. The highest BCUT2D eigenvalue weighted by molar-refractivity contribution is 5.91. The van der Waals surface area contributed by atoms with Crippen LogP contribution in [-0.4, -0.2) is 43.0 Å². The molecule has 2 amide bonds. The Morgan fingerprint density at radius 3 is 2.87 bits per heavy atom. The lowest BCUT2D eigenvalue weighted by Gasteiger charge is -2.48. The minimum Gasteiger partial charge on any atom is -0.383 e. The van der Waals surface area contributed by atoms with Crippen LogP contribution in [0, 0.1) is 5.41 Å². The fraction of sp³-hybridized carbons (Fsp3) is 0.778. The Morgan fingerprint density at radius 1 is 1.35 bits per heavy atom. The van der Waals surface area contributed by atoms with Gasteiger partial charge in [0.15, 0.2) is 0 Å². The van der Waals surface area contributed by atoms with Crippen LogP contribution in [0.5, 0.6) is 0 Å². The van der Waals surface area contributed by atoms with E-state index in [1.54, 1.807) is 7.11 Å². The summed E-state index contributed by atoms with van der Waals surface area (Å²) in [6.45, 7) is 1.05. The molecule has 0 aromatic rings. The van der Waals surface area contributed by atoms with Crippen LogP contribution in [0.15, 0.2) is 11.8 Å². The van der Waals surface area contributed by atoms with E-state index >= 15 is 0 Å². The molecular formula is C18H28N2O3. The van der Waals surface area contributed by atoms with E-state index in [0.717, 1.165) is 37.8 Å². The van der Waals surface area contributed by atoms with Crippen LogP contribution in [0.1, 0.15) is 57.8 Å². The monoisotopic (exact) mass is 320 g/mol. The van der Waals surface area contributed by atoms with Crippen LogP contribution in [-0.2, 0) is 14.3 Å². The van der Waals surface area contributed by atoms with Gasteiger partial charge < -0.3 is 15.0 Å². The van der Waals surface area contributed by atoms with Crippen molar-refractivity contribution >= 4 is 11.8 Å². The topological polar surface area (TPSA) is 58.6 Å². The average Bonchev–Trinajstić information content (AvgIpc) is 3.09. The predicted octanol–water partition coefficient (Wildman–Crippen LogP) is 2.37. The number of methoxy groups -OCH3 is 1. The minimum atomic E-state index is -0.498. The molecular weight excluding hydrogens is 292 g/mol. The van der Waals surface area contributed by atoms with Gasteiger partial charge in [-0.2, -0.15) is 0 Å². The SMILES string of the molecule is COCCNC(=O)C12CCCC=C1N(C1CCCC1)C(=O)CC2. The van der Waals surface area contributed by atoms with Crippen molar-refractivity contribution in [2.24, 2.45) is 5.41 Å². The van der Waals surface area contributed by atoms with E-state index in [9.17, 15) is 9.59 Å². The summed E-state index contributed by atoms with van der Waals surface area (Å²) in [6.07, 6.45) is 10.7. The number of nitrogens with zero attached hydrogens (tertiary/aromatic N) is 1. The molecule has 1 saturated heterocycles. The van der Waals surface area contributed by atoms with Crippen molar-refractivity contribution in [3.05, 3.63) is 11.8 Å². The third-order valence-corrected chi connectivity index (χ3v) is 5.65. The Bertz CT molecular complexity index is 496. The fourth-order valence-electron chi connectivity index (χ4n) is 4.47. The number of amides is 2. The van der Waals surface area contributed by atoms with E-state index in [0.29, 0.717) is 32.0 Å². The van der Waals surface area contributed by atoms with Crippen molar-refractivity contribution in [3.63, 3.8) is 0 Å². The van der Waals surface area contributed by atoms with Gasteiger partial charge in [-0.25, -0.2) is 0 Å². The number of allylic oxidation sites excluding steroid dienone is 1. The Morgan fingerprint density at radius 2 is 2.13 bits per heavy atom. The molecule has 2 fully saturated rings. The first-order valence-corrected chi connectivity index (χ1v) is 8.99. The number of hydrogen-bond acceptors (Lipinski definition) is 3. The van der Waals surface area contributed by atoms with Crippen LogP contribution in [0.25, 0.3) is 0 Å². The molecule has 3 aliphatic rings. The summed E-state index contributed by atoms with van der Waals surface area (Å²) >= 11 is 0. The molecule has 5 heteroatoms. The van der Waals surface area contributed by atoms with Crippen molar-refractivity contribution in [2.45, 2.75) is 63.8 Å². The van der Waals surface area contributed by atoms with Crippen molar-refractivity contribution in [1.82, 2.24) is 10.2 Å². The van der Waals surface area contributed by atoms with Gasteiger partial charge >= 0.3 is 0 Å². The molecule has 1 heterocycles. The first-order chi connectivity index (χ1) is 11.2. The quantitative estimate of drug-likeness (QED) is 0.791. The molecule has 23 heavy (non-hydrogen) atoms. The van der Waals surface area contributed by atoms with Crippen molar-refractivity contribution < 1.29 is 14.3 Å². The molecule has 0 aromatic carbocycles. The smallest absolute Gasteiger partial charge is 0.232 e. The number of hydrogen-bond donors (Lipinski definition) is 1. The van der Waals surface area contributed by atoms with E-state index in [1.807, 2.05) is 4.90 Å². The van der Waals surface area contributed by atoms with E-state index in [2.05, 4.69) is 11.4 Å². The molecule has 1 saturated carbocycles. The summed E-state index contributed by atoms with van der Waals surface area (Å²) in [5.41, 5.74) is 0.504. The Kier molecular flexibility index (Phi) is 5.05. The molecule has 128 valence electrons. The second kappa shape index (κ2) is 7.04. The van der Waals surface area contributed by atoms with Crippen molar-refractivity contribution in [2.75, 3.05) is 20.3 Å².